The highest BCUT2D eigenvalue weighted by atomic mass is 19.1. The molecule has 5 rings (SSSR count). The maximum atomic E-state index is 13.4. The van der Waals surface area contributed by atoms with Gasteiger partial charge in [-0.3, -0.25) is 4.79 Å². The van der Waals surface area contributed by atoms with Crippen LogP contribution < -0.4 is 10.3 Å². The van der Waals surface area contributed by atoms with Gasteiger partial charge in [0.2, 0.25) is 0 Å². The summed E-state index contributed by atoms with van der Waals surface area (Å²) in [7, 11) is 0. The Morgan fingerprint density at radius 2 is 1.68 bits per heavy atom. The Bertz CT molecular complexity index is 1540. The third-order valence-electron chi connectivity index (χ3n) is 5.26. The summed E-state index contributed by atoms with van der Waals surface area (Å²) < 4.78 is 20.5. The van der Waals surface area contributed by atoms with E-state index in [4.69, 9.17) is 9.72 Å². The van der Waals surface area contributed by atoms with Crippen LogP contribution in [0.2, 0.25) is 0 Å². The van der Waals surface area contributed by atoms with E-state index in [1.54, 1.807) is 30.5 Å². The summed E-state index contributed by atoms with van der Waals surface area (Å²) in [5, 5.41) is 4.98. The van der Waals surface area contributed by atoms with Gasteiger partial charge in [0, 0.05) is 5.56 Å². The number of para-hydroxylation sites is 1. The van der Waals surface area contributed by atoms with Crippen molar-refractivity contribution in [2.45, 2.75) is 6.61 Å². The molecule has 34 heavy (non-hydrogen) atoms. The van der Waals surface area contributed by atoms with Gasteiger partial charge in [-0.1, -0.05) is 66.7 Å². The highest BCUT2D eigenvalue weighted by molar-refractivity contribution is 5.82. The Morgan fingerprint density at radius 1 is 0.882 bits per heavy atom. The zero-order chi connectivity index (χ0) is 23.3. The fraction of sp³-hybridized carbons (Fsp3) is 0.0357. The van der Waals surface area contributed by atoms with Crippen molar-refractivity contribution in [3.8, 4) is 17.1 Å². The van der Waals surface area contributed by atoms with E-state index in [2.05, 4.69) is 5.10 Å². The van der Waals surface area contributed by atoms with Gasteiger partial charge in [-0.25, -0.2) is 9.37 Å². The second-order valence-corrected chi connectivity index (χ2v) is 7.67. The van der Waals surface area contributed by atoms with Gasteiger partial charge in [-0.05, 0) is 47.5 Å². The highest BCUT2D eigenvalue weighted by Crippen LogP contribution is 2.19. The Labute approximate surface area is 195 Å². The summed E-state index contributed by atoms with van der Waals surface area (Å²) in [4.78, 5) is 18.0. The van der Waals surface area contributed by atoms with Crippen LogP contribution >= 0.6 is 0 Å². The highest BCUT2D eigenvalue weighted by Gasteiger charge is 2.12. The van der Waals surface area contributed by atoms with Crippen LogP contribution in [0.4, 0.5) is 4.39 Å². The van der Waals surface area contributed by atoms with Crippen molar-refractivity contribution < 1.29 is 9.13 Å². The fourth-order valence-electron chi connectivity index (χ4n) is 3.61. The molecule has 166 valence electrons. The summed E-state index contributed by atoms with van der Waals surface area (Å²) >= 11 is 0. The summed E-state index contributed by atoms with van der Waals surface area (Å²) in [5.41, 5.74) is 2.63. The van der Waals surface area contributed by atoms with E-state index < -0.39 is 0 Å². The van der Waals surface area contributed by atoms with E-state index >= 15 is 0 Å². The maximum Gasteiger partial charge on any atom is 0.282 e. The Morgan fingerprint density at radius 3 is 2.53 bits per heavy atom. The van der Waals surface area contributed by atoms with Gasteiger partial charge in [-0.2, -0.15) is 9.78 Å². The molecule has 0 saturated carbocycles. The number of rotatable bonds is 6. The number of hydrogen-bond donors (Lipinski definition) is 0. The standard InChI is InChI=1S/C28H20FN3O2/c29-23-12-6-9-21(16-23)19-34-24-13-7-8-20(17-24)18-30-32-27(22-10-2-1-3-11-22)31-26-15-5-4-14-25(26)28(32)33/h1-18H,19H2. The summed E-state index contributed by atoms with van der Waals surface area (Å²) in [5.74, 6) is 0.769. The molecule has 0 radical (unpaired) electrons. The second-order valence-electron chi connectivity index (χ2n) is 7.67. The maximum absolute atomic E-state index is 13.4. The molecule has 0 aliphatic carbocycles. The number of fused-ring (bicyclic) bond motifs is 1. The zero-order valence-corrected chi connectivity index (χ0v) is 18.1. The number of halogens is 1. The average molecular weight is 449 g/mol. The van der Waals surface area contributed by atoms with Crippen LogP contribution in [-0.4, -0.2) is 15.9 Å². The van der Waals surface area contributed by atoms with Crippen LogP contribution in [0.5, 0.6) is 5.75 Å². The van der Waals surface area contributed by atoms with Crippen molar-refractivity contribution in [1.29, 1.82) is 0 Å². The van der Waals surface area contributed by atoms with Crippen molar-refractivity contribution in [2.75, 3.05) is 0 Å². The second kappa shape index (κ2) is 9.50. The predicted molar refractivity (Wildman–Crippen MR) is 132 cm³/mol. The molecule has 0 fully saturated rings. The lowest BCUT2D eigenvalue weighted by atomic mass is 10.2. The van der Waals surface area contributed by atoms with E-state index in [1.807, 2.05) is 66.7 Å². The van der Waals surface area contributed by atoms with Gasteiger partial charge < -0.3 is 4.74 Å². The van der Waals surface area contributed by atoms with Gasteiger partial charge in [0.1, 0.15) is 18.2 Å². The third kappa shape index (κ3) is 4.61. The van der Waals surface area contributed by atoms with E-state index in [1.165, 1.54) is 16.8 Å². The van der Waals surface area contributed by atoms with Crippen molar-refractivity contribution in [3.63, 3.8) is 0 Å². The van der Waals surface area contributed by atoms with Crippen LogP contribution in [0, 0.1) is 5.82 Å². The van der Waals surface area contributed by atoms with Crippen molar-refractivity contribution in [3.05, 3.63) is 130 Å². The van der Waals surface area contributed by atoms with Crippen LogP contribution in [0.25, 0.3) is 22.3 Å². The molecule has 0 N–H and O–H groups in total. The molecule has 0 amide bonds. The quantitative estimate of drug-likeness (QED) is 0.314. The molecule has 0 saturated heterocycles. The molecule has 0 aliphatic rings. The Balaban J connectivity index is 1.48. The molecule has 0 unspecified atom stereocenters. The Kier molecular flexibility index (Phi) is 5.95. The molecule has 1 aromatic heterocycles. The predicted octanol–water partition coefficient (Wildman–Crippen LogP) is 5.66. The first-order chi connectivity index (χ1) is 16.7. The van der Waals surface area contributed by atoms with Gasteiger partial charge in [0.15, 0.2) is 5.82 Å². The van der Waals surface area contributed by atoms with Crippen LogP contribution in [0.3, 0.4) is 0 Å². The molecule has 0 atom stereocenters. The lowest BCUT2D eigenvalue weighted by Gasteiger charge is -2.10. The van der Waals surface area contributed by atoms with Crippen LogP contribution in [0.1, 0.15) is 11.1 Å². The van der Waals surface area contributed by atoms with Gasteiger partial charge in [0.25, 0.3) is 5.56 Å². The first kappa shape index (κ1) is 21.3. The molecular formula is C28H20FN3O2. The molecule has 6 heteroatoms. The average Bonchev–Trinajstić information content (AvgIpc) is 2.88. The number of aromatic nitrogens is 2. The van der Waals surface area contributed by atoms with E-state index in [0.29, 0.717) is 22.5 Å². The molecular weight excluding hydrogens is 429 g/mol. The molecule has 0 spiro atoms. The summed E-state index contributed by atoms with van der Waals surface area (Å²) in [6.07, 6.45) is 1.60. The summed E-state index contributed by atoms with van der Waals surface area (Å²) in [6.45, 7) is 0.241. The first-order valence-electron chi connectivity index (χ1n) is 10.8. The molecule has 4 aromatic carbocycles. The van der Waals surface area contributed by atoms with Crippen molar-refractivity contribution in [2.24, 2.45) is 5.10 Å². The molecule has 0 aliphatic heterocycles. The minimum Gasteiger partial charge on any atom is -0.489 e. The van der Waals surface area contributed by atoms with Crippen molar-refractivity contribution in [1.82, 2.24) is 9.66 Å². The summed E-state index contributed by atoms with van der Waals surface area (Å²) in [6, 6.07) is 30.3. The van der Waals surface area contributed by atoms with Crippen LogP contribution in [0.15, 0.2) is 113 Å². The van der Waals surface area contributed by atoms with Gasteiger partial charge in [-0.15, -0.1) is 0 Å². The largest absolute Gasteiger partial charge is 0.489 e. The van der Waals surface area contributed by atoms with Gasteiger partial charge in [0.05, 0.1) is 17.1 Å². The Hall–Kier alpha value is -4.58. The van der Waals surface area contributed by atoms with E-state index in [-0.39, 0.29) is 18.0 Å². The zero-order valence-electron chi connectivity index (χ0n) is 18.1. The minimum atomic E-state index is -0.300. The number of nitrogens with zero attached hydrogens (tertiary/aromatic N) is 3. The third-order valence-corrected chi connectivity index (χ3v) is 5.26. The molecule has 1 heterocycles. The lowest BCUT2D eigenvalue weighted by Crippen LogP contribution is -2.20. The monoisotopic (exact) mass is 449 g/mol. The van der Waals surface area contributed by atoms with Gasteiger partial charge >= 0.3 is 0 Å². The topological polar surface area (TPSA) is 56.5 Å². The number of ether oxygens (including phenoxy) is 1. The number of benzene rings is 4. The number of hydrogen-bond acceptors (Lipinski definition) is 4. The SMILES string of the molecule is O=c1c2ccccc2nc(-c2ccccc2)n1N=Cc1cccc(OCc2cccc(F)c2)c1. The van der Waals surface area contributed by atoms with Crippen molar-refractivity contribution >= 4 is 17.1 Å². The van der Waals surface area contributed by atoms with Crippen LogP contribution in [-0.2, 0) is 6.61 Å². The normalized spacial score (nSPS) is 11.2. The van der Waals surface area contributed by atoms with E-state index in [9.17, 15) is 9.18 Å². The molecule has 5 nitrogen and oxygen atoms in total. The van der Waals surface area contributed by atoms with E-state index in [0.717, 1.165) is 16.7 Å². The molecule has 0 bridgehead atoms. The minimum absolute atomic E-state index is 0.241. The smallest absolute Gasteiger partial charge is 0.282 e. The molecule has 5 aromatic rings. The first-order valence-corrected chi connectivity index (χ1v) is 10.8. The lowest BCUT2D eigenvalue weighted by molar-refractivity contribution is 0.305. The fourth-order valence-corrected chi connectivity index (χ4v) is 3.61.